The lowest BCUT2D eigenvalue weighted by Crippen LogP contribution is -2.61. The highest BCUT2D eigenvalue weighted by Crippen LogP contribution is 2.45. The quantitative estimate of drug-likeness (QED) is 0.274. The average Bonchev–Trinajstić information content (AvgIpc) is 3.59. The Morgan fingerprint density at radius 3 is 2.64 bits per heavy atom. The summed E-state index contributed by atoms with van der Waals surface area (Å²) in [6.07, 6.45) is 6.75. The van der Waals surface area contributed by atoms with Crippen LogP contribution >= 0.6 is 11.6 Å². The van der Waals surface area contributed by atoms with Crippen molar-refractivity contribution in [3.05, 3.63) is 53.7 Å². The molecule has 2 aromatic heterocycles. The van der Waals surface area contributed by atoms with E-state index in [0.717, 1.165) is 32.2 Å². The Kier molecular flexibility index (Phi) is 7.20. The fourth-order valence-corrected chi connectivity index (χ4v) is 7.38. The highest BCUT2D eigenvalue weighted by Gasteiger charge is 2.46. The Hall–Kier alpha value is -3.83. The van der Waals surface area contributed by atoms with E-state index in [1.807, 2.05) is 4.90 Å². The minimum atomic E-state index is -0.738. The molecule has 0 radical (unpaired) electrons. The predicted molar refractivity (Wildman–Crippen MR) is 166 cm³/mol. The summed E-state index contributed by atoms with van der Waals surface area (Å²) >= 11 is 6.79. The highest BCUT2D eigenvalue weighted by molar-refractivity contribution is 6.35. The van der Waals surface area contributed by atoms with Gasteiger partial charge in [0.2, 0.25) is 5.91 Å². The Bertz CT molecular complexity index is 1790. The number of nitrogens with zero attached hydrogens (tertiary/aromatic N) is 7. The largest absolute Gasteiger partial charge is 0.462 e. The zero-order valence-corrected chi connectivity index (χ0v) is 25.6. The fraction of sp³-hybridized carbons (Fsp3) is 0.438. The molecule has 3 aliphatic heterocycles. The number of hydrogen-bond acceptors (Lipinski definition) is 7. The van der Waals surface area contributed by atoms with Gasteiger partial charge in [0.25, 0.3) is 0 Å². The molecular weight excluding hydrogens is 588 g/mol. The topological polar surface area (TPSA) is 79.6 Å². The Balaban J connectivity index is 1.30. The number of likely N-dealkylation sites (N-methyl/N-ethyl adjacent to an activating group) is 1. The standard InChI is InChI=1S/C32H34ClF2N7O2/c1-4-24(43)42-17-32(18-42)9-12-41(13-10-32)30-21-14-22(33)25(26-23(34)8-7-19-15-36-40(3)29(19)26)27(35)28(21)37-31(38-30)44-16-20-6-5-11-39(20)2/h4,7-8,14-15,20H,1,5-6,9-13,16-18H2,2-3H3/t20-/m0/s1. The fourth-order valence-electron chi connectivity index (χ4n) is 7.09. The maximum Gasteiger partial charge on any atom is 0.319 e. The minimum absolute atomic E-state index is 0.0226. The van der Waals surface area contributed by atoms with Gasteiger partial charge in [0.1, 0.15) is 23.8 Å². The number of hydrogen-bond donors (Lipinski definition) is 0. The van der Waals surface area contributed by atoms with Gasteiger partial charge < -0.3 is 19.4 Å². The molecule has 0 saturated carbocycles. The number of fused-ring (bicyclic) bond motifs is 2. The van der Waals surface area contributed by atoms with Crippen LogP contribution in [-0.4, -0.2) is 87.9 Å². The lowest BCUT2D eigenvalue weighted by Gasteiger charge is -2.54. The molecule has 3 saturated heterocycles. The highest BCUT2D eigenvalue weighted by atomic mass is 35.5. The molecule has 3 fully saturated rings. The molecule has 1 spiro atoms. The van der Waals surface area contributed by atoms with Gasteiger partial charge in [-0.3, -0.25) is 9.48 Å². The first-order valence-corrected chi connectivity index (χ1v) is 15.4. The van der Waals surface area contributed by atoms with Crippen molar-refractivity contribution >= 4 is 45.1 Å². The number of carbonyl (C=O) groups is 1. The average molecular weight is 622 g/mol. The van der Waals surface area contributed by atoms with Crippen molar-refractivity contribution in [2.45, 2.75) is 31.7 Å². The van der Waals surface area contributed by atoms with Crippen LogP contribution in [0.4, 0.5) is 14.6 Å². The molecule has 4 aromatic rings. The first-order valence-electron chi connectivity index (χ1n) is 15.0. The zero-order chi connectivity index (χ0) is 30.7. The van der Waals surface area contributed by atoms with Crippen LogP contribution in [-0.2, 0) is 11.8 Å². The summed E-state index contributed by atoms with van der Waals surface area (Å²) in [4.78, 5) is 27.6. The number of carbonyl (C=O) groups excluding carboxylic acids is 1. The number of aromatic nitrogens is 4. The number of halogens is 3. The first-order chi connectivity index (χ1) is 21.2. The molecule has 0 N–H and O–H groups in total. The van der Waals surface area contributed by atoms with E-state index in [1.54, 1.807) is 25.4 Å². The molecule has 2 aromatic carbocycles. The van der Waals surface area contributed by atoms with Crippen LogP contribution in [0.2, 0.25) is 5.02 Å². The van der Waals surface area contributed by atoms with Crippen molar-refractivity contribution in [1.29, 1.82) is 0 Å². The van der Waals surface area contributed by atoms with Crippen molar-refractivity contribution in [3.63, 3.8) is 0 Å². The molecule has 5 heterocycles. The van der Waals surface area contributed by atoms with E-state index in [9.17, 15) is 4.79 Å². The Morgan fingerprint density at radius 1 is 1.16 bits per heavy atom. The third kappa shape index (κ3) is 4.77. The van der Waals surface area contributed by atoms with E-state index < -0.39 is 11.6 Å². The van der Waals surface area contributed by atoms with Gasteiger partial charge in [-0.25, -0.2) is 8.78 Å². The zero-order valence-electron chi connectivity index (χ0n) is 24.8. The maximum atomic E-state index is 16.7. The second kappa shape index (κ2) is 11.0. The number of likely N-dealkylation sites (tertiary alicyclic amines) is 2. The molecule has 1 atom stereocenters. The van der Waals surface area contributed by atoms with Gasteiger partial charge in [-0.15, -0.1) is 0 Å². The van der Waals surface area contributed by atoms with E-state index in [2.05, 4.69) is 33.5 Å². The van der Waals surface area contributed by atoms with Crippen LogP contribution in [0.15, 0.2) is 37.1 Å². The molecule has 0 bridgehead atoms. The number of piperidine rings is 1. The van der Waals surface area contributed by atoms with Gasteiger partial charge in [0, 0.05) is 66.6 Å². The smallest absolute Gasteiger partial charge is 0.319 e. The molecule has 12 heteroatoms. The van der Waals surface area contributed by atoms with Gasteiger partial charge >= 0.3 is 6.01 Å². The van der Waals surface area contributed by atoms with E-state index >= 15 is 8.78 Å². The molecule has 9 nitrogen and oxygen atoms in total. The summed E-state index contributed by atoms with van der Waals surface area (Å²) in [5.74, 6) is -0.863. The van der Waals surface area contributed by atoms with Gasteiger partial charge in [-0.1, -0.05) is 18.2 Å². The lowest BCUT2D eigenvalue weighted by atomic mass is 9.72. The van der Waals surface area contributed by atoms with Crippen molar-refractivity contribution < 1.29 is 18.3 Å². The summed E-state index contributed by atoms with van der Waals surface area (Å²) in [6.45, 7) is 7.70. The van der Waals surface area contributed by atoms with Crippen molar-refractivity contribution in [2.24, 2.45) is 12.5 Å². The number of rotatable bonds is 6. The number of ether oxygens (including phenoxy) is 1. The summed E-state index contributed by atoms with van der Waals surface area (Å²) in [6, 6.07) is 4.83. The minimum Gasteiger partial charge on any atom is -0.462 e. The molecule has 0 aliphatic carbocycles. The summed E-state index contributed by atoms with van der Waals surface area (Å²) in [5.41, 5.74) is 0.474. The first kappa shape index (κ1) is 28.9. The van der Waals surface area contributed by atoms with Gasteiger partial charge in [0.05, 0.1) is 16.7 Å². The van der Waals surface area contributed by atoms with Crippen molar-refractivity contribution in [3.8, 4) is 17.1 Å². The van der Waals surface area contributed by atoms with Crippen molar-refractivity contribution in [1.82, 2.24) is 29.5 Å². The van der Waals surface area contributed by atoms with E-state index in [-0.39, 0.29) is 45.0 Å². The van der Waals surface area contributed by atoms with Gasteiger partial charge in [-0.05, 0) is 63.6 Å². The summed E-state index contributed by atoms with van der Waals surface area (Å²) < 4.78 is 39.8. The molecule has 44 heavy (non-hydrogen) atoms. The van der Waals surface area contributed by atoms with Crippen LogP contribution < -0.4 is 9.64 Å². The molecular formula is C32H34ClF2N7O2. The van der Waals surface area contributed by atoms with Gasteiger partial charge in [0.15, 0.2) is 5.82 Å². The molecule has 0 unspecified atom stereocenters. The van der Waals surface area contributed by atoms with Crippen LogP contribution in [0.1, 0.15) is 25.7 Å². The third-order valence-electron chi connectivity index (χ3n) is 9.68. The summed E-state index contributed by atoms with van der Waals surface area (Å²) in [7, 11) is 3.74. The van der Waals surface area contributed by atoms with Gasteiger partial charge in [-0.2, -0.15) is 15.1 Å². The number of amides is 1. The number of anilines is 1. The molecule has 7 rings (SSSR count). The summed E-state index contributed by atoms with van der Waals surface area (Å²) in [5, 5.41) is 5.40. The third-order valence-corrected chi connectivity index (χ3v) is 9.98. The SMILES string of the molecule is C=CC(=O)N1CC2(CCN(c3nc(OC[C@@H]4CCCN4C)nc4c(F)c(-c5c(F)ccc6cnn(C)c56)c(Cl)cc34)CC2)C1. The van der Waals surface area contributed by atoms with Crippen LogP contribution in [0.5, 0.6) is 6.01 Å². The van der Waals surface area contributed by atoms with Crippen molar-refractivity contribution in [2.75, 3.05) is 51.3 Å². The normalized spacial score (nSPS) is 20.1. The van der Waals surface area contributed by atoms with E-state index in [4.69, 9.17) is 21.3 Å². The lowest BCUT2D eigenvalue weighted by molar-refractivity contribution is -0.139. The molecule has 1 amide bonds. The Labute approximate surface area is 259 Å². The van der Waals surface area contributed by atoms with Crippen LogP contribution in [0, 0.1) is 17.0 Å². The monoisotopic (exact) mass is 621 g/mol. The van der Waals surface area contributed by atoms with Crippen LogP contribution in [0.25, 0.3) is 32.9 Å². The second-order valence-corrected chi connectivity index (χ2v) is 12.8. The van der Waals surface area contributed by atoms with E-state index in [0.29, 0.717) is 54.9 Å². The number of aryl methyl sites for hydroxylation is 1. The Morgan fingerprint density at radius 2 is 1.93 bits per heavy atom. The molecule has 3 aliphatic rings. The van der Waals surface area contributed by atoms with Crippen LogP contribution in [0.3, 0.4) is 0 Å². The second-order valence-electron chi connectivity index (χ2n) is 12.4. The predicted octanol–water partition coefficient (Wildman–Crippen LogP) is 5.20. The van der Waals surface area contributed by atoms with E-state index in [1.165, 1.54) is 16.8 Å². The maximum absolute atomic E-state index is 16.7. The molecule has 230 valence electrons. The number of benzene rings is 2.